The molecule has 1 saturated carbocycles. The summed E-state index contributed by atoms with van der Waals surface area (Å²) in [6, 6.07) is 0. The zero-order chi connectivity index (χ0) is 21.3. The molecule has 2 atom stereocenters. The lowest BCUT2D eigenvalue weighted by Gasteiger charge is -2.27. The monoisotopic (exact) mass is 431 g/mol. The maximum absolute atomic E-state index is 12.9. The van der Waals surface area contributed by atoms with E-state index in [1.807, 2.05) is 6.08 Å². The van der Waals surface area contributed by atoms with E-state index in [4.69, 9.17) is 15.6 Å². The number of nitrogens with zero attached hydrogens (tertiary/aromatic N) is 1. The molecule has 1 aromatic rings. The van der Waals surface area contributed by atoms with Crippen LogP contribution in [0.4, 0.5) is 5.00 Å². The van der Waals surface area contributed by atoms with Gasteiger partial charge in [0.1, 0.15) is 10.8 Å². The molecule has 4 N–H and O–H groups in total. The Morgan fingerprint density at radius 2 is 2.23 bits per heavy atom. The van der Waals surface area contributed by atoms with Gasteiger partial charge in [-0.05, 0) is 48.8 Å². The molecule has 2 amide bonds. The van der Waals surface area contributed by atoms with Crippen LogP contribution in [0.2, 0.25) is 0 Å². The molecule has 0 bridgehead atoms. The van der Waals surface area contributed by atoms with Crippen molar-refractivity contribution >= 4 is 28.2 Å². The van der Waals surface area contributed by atoms with Crippen LogP contribution in [0.15, 0.2) is 23.5 Å². The number of amides is 2. The topological polar surface area (TPSA) is 105 Å². The second kappa shape index (κ2) is 8.91. The number of nitrogens with two attached hydrogens (primary N) is 1. The predicted molar refractivity (Wildman–Crippen MR) is 116 cm³/mol. The molecule has 4 rings (SSSR count). The number of methoxy groups -OCH3 is 1. The van der Waals surface area contributed by atoms with E-state index >= 15 is 0 Å². The van der Waals surface area contributed by atoms with Gasteiger partial charge in [0.05, 0.1) is 20.3 Å². The lowest BCUT2D eigenvalue weighted by molar-refractivity contribution is -0.132. The van der Waals surface area contributed by atoms with E-state index in [9.17, 15) is 9.59 Å². The fourth-order valence-electron chi connectivity index (χ4n) is 4.55. The Morgan fingerprint density at radius 1 is 1.40 bits per heavy atom. The van der Waals surface area contributed by atoms with Gasteiger partial charge in [-0.15, -0.1) is 11.3 Å². The van der Waals surface area contributed by atoms with Crippen LogP contribution in [0, 0.1) is 11.8 Å². The van der Waals surface area contributed by atoms with Gasteiger partial charge >= 0.3 is 0 Å². The first-order chi connectivity index (χ1) is 14.6. The highest BCUT2D eigenvalue weighted by molar-refractivity contribution is 7.16. The smallest absolute Gasteiger partial charge is 0.228 e. The first-order valence-electron chi connectivity index (χ1n) is 10.5. The number of aliphatic hydroxyl groups excluding tert-OH is 1. The second-order valence-corrected chi connectivity index (χ2v) is 9.13. The van der Waals surface area contributed by atoms with Crippen LogP contribution in [0.5, 0.6) is 0 Å². The summed E-state index contributed by atoms with van der Waals surface area (Å²) in [5, 5.41) is 13.0. The van der Waals surface area contributed by atoms with E-state index in [-0.39, 0.29) is 36.7 Å². The van der Waals surface area contributed by atoms with Crippen LogP contribution >= 0.6 is 11.3 Å². The number of allylic oxidation sites excluding steroid dienone is 3. The first kappa shape index (κ1) is 21.1. The number of thiophene rings is 1. The highest BCUT2D eigenvalue weighted by Crippen LogP contribution is 2.49. The minimum Gasteiger partial charge on any atom is -0.497 e. The molecule has 30 heavy (non-hydrogen) atoms. The highest BCUT2D eigenvalue weighted by Gasteiger charge is 2.46. The van der Waals surface area contributed by atoms with Gasteiger partial charge in [0, 0.05) is 35.9 Å². The predicted octanol–water partition coefficient (Wildman–Crippen LogP) is 2.30. The number of hydrogen-bond donors (Lipinski definition) is 3. The Morgan fingerprint density at radius 3 is 2.97 bits per heavy atom. The third kappa shape index (κ3) is 4.04. The van der Waals surface area contributed by atoms with Gasteiger partial charge in [0.25, 0.3) is 0 Å². The largest absolute Gasteiger partial charge is 0.497 e. The molecular weight excluding hydrogens is 402 g/mol. The van der Waals surface area contributed by atoms with Crippen LogP contribution < -0.4 is 11.1 Å². The van der Waals surface area contributed by atoms with E-state index in [1.165, 1.54) is 22.5 Å². The maximum Gasteiger partial charge on any atom is 0.228 e. The third-order valence-corrected chi connectivity index (χ3v) is 7.42. The number of ether oxygens (including phenoxy) is 1. The maximum atomic E-state index is 12.9. The molecule has 7 nitrogen and oxygen atoms in total. The highest BCUT2D eigenvalue weighted by atomic mass is 32.1. The lowest BCUT2D eigenvalue weighted by atomic mass is 9.98. The Bertz CT molecular complexity index is 904. The molecule has 8 heteroatoms. The first-order valence-corrected chi connectivity index (χ1v) is 11.4. The zero-order valence-corrected chi connectivity index (χ0v) is 18.1. The Labute approximate surface area is 180 Å². The van der Waals surface area contributed by atoms with Crippen LogP contribution in [-0.4, -0.2) is 42.1 Å². The van der Waals surface area contributed by atoms with Crippen molar-refractivity contribution in [3.05, 3.63) is 39.5 Å². The standard InChI is InChI=1S/C22H29N3O4S/c1-29-18-5-3-2-4-13(18)15-10-16(15)21(28)24-22-17(11-23)14-6-8-25(12-19(14)30-22)20(27)7-9-26/h3,5,15-16,26H,2,4,6-12,23H2,1H3,(H,24,28). The molecule has 0 saturated heterocycles. The molecule has 2 aliphatic carbocycles. The van der Waals surface area contributed by atoms with Crippen molar-refractivity contribution in [1.29, 1.82) is 0 Å². The summed E-state index contributed by atoms with van der Waals surface area (Å²) in [6.07, 6.45) is 7.79. The number of carbonyl (C=O) groups excluding carboxylic acids is 2. The molecule has 1 fully saturated rings. The van der Waals surface area contributed by atoms with Crippen molar-refractivity contribution in [2.24, 2.45) is 17.6 Å². The Hall–Kier alpha value is -2.16. The normalized spacial score (nSPS) is 22.7. The fraction of sp³-hybridized carbons (Fsp3) is 0.545. The molecule has 1 aliphatic heterocycles. The van der Waals surface area contributed by atoms with Gasteiger partial charge in [-0.25, -0.2) is 0 Å². The fourth-order valence-corrected chi connectivity index (χ4v) is 5.85. The summed E-state index contributed by atoms with van der Waals surface area (Å²) in [4.78, 5) is 27.9. The number of hydrogen-bond acceptors (Lipinski definition) is 6. The average molecular weight is 432 g/mol. The molecule has 2 heterocycles. The van der Waals surface area contributed by atoms with Gasteiger partial charge in [0.2, 0.25) is 11.8 Å². The van der Waals surface area contributed by atoms with Crippen LogP contribution in [0.1, 0.15) is 41.7 Å². The minimum absolute atomic E-state index is 0.0240. The number of aliphatic hydroxyl groups is 1. The molecule has 1 aromatic heterocycles. The van der Waals surface area contributed by atoms with Crippen LogP contribution in [-0.2, 0) is 33.8 Å². The SMILES string of the molecule is COC1=C(C2CC2C(=O)Nc2sc3c(c2CN)CCN(C(=O)CCO)C3)CCC=C1. The quantitative estimate of drug-likeness (QED) is 0.614. The van der Waals surface area contributed by atoms with E-state index < -0.39 is 0 Å². The Balaban J connectivity index is 1.46. The van der Waals surface area contributed by atoms with Gasteiger partial charge in [-0.2, -0.15) is 0 Å². The number of rotatable bonds is 7. The van der Waals surface area contributed by atoms with E-state index in [2.05, 4.69) is 11.4 Å². The van der Waals surface area contributed by atoms with Crippen LogP contribution in [0.25, 0.3) is 0 Å². The molecule has 0 radical (unpaired) electrons. The average Bonchev–Trinajstić information content (AvgIpc) is 3.49. The van der Waals surface area contributed by atoms with Gasteiger partial charge < -0.3 is 25.8 Å². The lowest BCUT2D eigenvalue weighted by Crippen LogP contribution is -2.35. The van der Waals surface area contributed by atoms with Gasteiger partial charge in [-0.3, -0.25) is 9.59 Å². The van der Waals surface area contributed by atoms with Gasteiger partial charge in [-0.1, -0.05) is 6.08 Å². The molecule has 0 aromatic carbocycles. The summed E-state index contributed by atoms with van der Waals surface area (Å²) in [6.45, 7) is 1.37. The van der Waals surface area contributed by atoms with Crippen molar-refractivity contribution in [1.82, 2.24) is 4.90 Å². The van der Waals surface area contributed by atoms with E-state index in [0.29, 0.717) is 19.6 Å². The van der Waals surface area contributed by atoms with Crippen molar-refractivity contribution in [3.63, 3.8) is 0 Å². The number of carbonyl (C=O) groups is 2. The number of fused-ring (bicyclic) bond motifs is 1. The molecule has 0 spiro atoms. The molecule has 2 unspecified atom stereocenters. The minimum atomic E-state index is -0.137. The number of nitrogens with one attached hydrogen (secondary N) is 1. The summed E-state index contributed by atoms with van der Waals surface area (Å²) >= 11 is 1.52. The third-order valence-electron chi connectivity index (χ3n) is 6.25. The van der Waals surface area contributed by atoms with Crippen molar-refractivity contribution in [2.45, 2.75) is 45.2 Å². The second-order valence-electron chi connectivity index (χ2n) is 8.03. The van der Waals surface area contributed by atoms with Crippen molar-refractivity contribution < 1.29 is 19.4 Å². The van der Waals surface area contributed by atoms with Crippen LogP contribution in [0.3, 0.4) is 0 Å². The molecule has 3 aliphatic rings. The summed E-state index contributed by atoms with van der Waals surface area (Å²) in [5.74, 6) is 1.14. The van der Waals surface area contributed by atoms with Crippen molar-refractivity contribution in [2.75, 3.05) is 25.6 Å². The van der Waals surface area contributed by atoms with Crippen molar-refractivity contribution in [3.8, 4) is 0 Å². The zero-order valence-electron chi connectivity index (χ0n) is 17.3. The summed E-state index contributed by atoms with van der Waals surface area (Å²) < 4.78 is 5.49. The summed E-state index contributed by atoms with van der Waals surface area (Å²) in [7, 11) is 1.68. The number of anilines is 1. The van der Waals surface area contributed by atoms with Gasteiger partial charge in [0.15, 0.2) is 0 Å². The Kier molecular flexibility index (Phi) is 6.26. The summed E-state index contributed by atoms with van der Waals surface area (Å²) in [5.41, 5.74) is 9.43. The van der Waals surface area contributed by atoms with E-state index in [0.717, 1.165) is 46.9 Å². The molecule has 162 valence electrons. The van der Waals surface area contributed by atoms with E-state index in [1.54, 1.807) is 12.0 Å². The molecular formula is C22H29N3O4S.